The Kier molecular flexibility index (Phi) is 15.8. The molecule has 1 heterocycles. The highest BCUT2D eigenvalue weighted by Gasteiger charge is 2.36. The average molecular weight is 768 g/mol. The van der Waals surface area contributed by atoms with Gasteiger partial charge in [0.15, 0.2) is 6.10 Å². The summed E-state index contributed by atoms with van der Waals surface area (Å²) >= 11 is 13.1. The lowest BCUT2D eigenvalue weighted by atomic mass is 9.90. The quantitative estimate of drug-likeness (QED) is 0.153. The van der Waals surface area contributed by atoms with Crippen molar-refractivity contribution in [2.24, 2.45) is 11.8 Å². The number of halogens is 2. The molecule has 1 aliphatic heterocycles. The van der Waals surface area contributed by atoms with E-state index in [1.807, 2.05) is 62.4 Å². The van der Waals surface area contributed by atoms with Crippen LogP contribution in [-0.2, 0) is 41.5 Å². The van der Waals surface area contributed by atoms with E-state index in [1.165, 1.54) is 19.3 Å². The van der Waals surface area contributed by atoms with Crippen molar-refractivity contribution in [1.82, 2.24) is 10.6 Å². The van der Waals surface area contributed by atoms with Crippen LogP contribution < -0.4 is 15.4 Å². The van der Waals surface area contributed by atoms with Crippen LogP contribution in [0.5, 0.6) is 5.75 Å². The Bertz CT molecular complexity index is 1700. The number of cyclic esters (lactones) is 2. The average Bonchev–Trinajstić information content (AvgIpc) is 3.13. The van der Waals surface area contributed by atoms with E-state index in [2.05, 4.69) is 10.6 Å². The number of benzene rings is 3. The minimum Gasteiger partial charge on any atom is -0.495 e. The van der Waals surface area contributed by atoms with Gasteiger partial charge in [-0.15, -0.1) is 11.6 Å². The predicted molar refractivity (Wildman–Crippen MR) is 204 cm³/mol. The third-order valence-electron chi connectivity index (χ3n) is 9.04. The van der Waals surface area contributed by atoms with E-state index < -0.39 is 65.4 Å². The molecular weight excluding hydrogens is 719 g/mol. The Morgan fingerprint density at radius 1 is 0.887 bits per heavy atom. The molecule has 3 aromatic carbocycles. The molecule has 0 aliphatic carbocycles. The third kappa shape index (κ3) is 12.6. The molecule has 0 saturated carbocycles. The summed E-state index contributed by atoms with van der Waals surface area (Å²) in [7, 11) is 1.50. The molecule has 0 spiro atoms. The zero-order valence-electron chi connectivity index (χ0n) is 30.4. The Labute approximate surface area is 321 Å². The molecule has 7 unspecified atom stereocenters. The molecule has 0 fully saturated rings. The van der Waals surface area contributed by atoms with Crippen molar-refractivity contribution >= 4 is 47.0 Å². The number of aliphatic hydroxyl groups excluding tert-OH is 1. The molecule has 7 atom stereocenters. The first-order chi connectivity index (χ1) is 25.3. The monoisotopic (exact) mass is 766 g/mol. The fourth-order valence-corrected chi connectivity index (χ4v) is 6.78. The number of methoxy groups -OCH3 is 1. The largest absolute Gasteiger partial charge is 0.495 e. The minimum absolute atomic E-state index is 0.0161. The number of rotatable bonds is 11. The first-order valence-corrected chi connectivity index (χ1v) is 18.6. The van der Waals surface area contributed by atoms with Crippen LogP contribution in [-0.4, -0.2) is 66.4 Å². The molecule has 53 heavy (non-hydrogen) atoms. The van der Waals surface area contributed by atoms with Crippen molar-refractivity contribution in [3.8, 4) is 5.75 Å². The Morgan fingerprint density at radius 3 is 2.21 bits per heavy atom. The van der Waals surface area contributed by atoms with Crippen LogP contribution >= 0.6 is 23.2 Å². The summed E-state index contributed by atoms with van der Waals surface area (Å²) in [5, 5.41) is 16.6. The van der Waals surface area contributed by atoms with Crippen molar-refractivity contribution in [3.05, 3.63) is 113 Å². The van der Waals surface area contributed by atoms with Crippen molar-refractivity contribution in [1.29, 1.82) is 0 Å². The number of nitrogens with one attached hydrogen (secondary N) is 2. The molecule has 0 saturated heterocycles. The van der Waals surface area contributed by atoms with Crippen molar-refractivity contribution in [2.75, 3.05) is 7.11 Å². The van der Waals surface area contributed by atoms with Crippen LogP contribution in [0.1, 0.15) is 62.1 Å². The van der Waals surface area contributed by atoms with Gasteiger partial charge in [-0.3, -0.25) is 14.4 Å². The summed E-state index contributed by atoms with van der Waals surface area (Å²) < 4.78 is 17.0. The first kappa shape index (κ1) is 41.4. The van der Waals surface area contributed by atoms with Gasteiger partial charge >= 0.3 is 11.9 Å². The summed E-state index contributed by atoms with van der Waals surface area (Å²) in [6.45, 7) is 5.47. The standard InChI is InChI=1S/C41H48Cl2N2O8/c1-25(2)20-35-41(50)53-33(26(3)39(48)38(43)29-14-9-6-10-15-29)16-11-17-36(46)45-32(23-28-18-19-34(51-4)31(42)22-28)40(49)44-30(24-37(47)52-35)21-27-12-7-5-8-13-27/h5-15,17-19,22,25-26,30,32-33,35,38-39,48H,16,20-21,23-24H2,1-4H3,(H,44,49)(H,45,46)/b17-11+. The Hall–Kier alpha value is -4.38. The van der Waals surface area contributed by atoms with Crippen LogP contribution in [0.2, 0.25) is 5.02 Å². The molecule has 2 amide bonds. The number of amides is 2. The SMILES string of the molecule is COc1ccc(CC2NC(=O)/C=C/CC(C(C)C(O)C(Cl)c3ccccc3)OC(=O)C(CC(C)C)OC(=O)CC(Cc3ccccc3)NC2=O)cc1Cl. The normalized spacial score (nSPS) is 22.8. The number of hydrogen-bond acceptors (Lipinski definition) is 8. The van der Waals surface area contributed by atoms with Gasteiger partial charge in [0, 0.05) is 24.8 Å². The fourth-order valence-electron chi connectivity index (χ4n) is 6.13. The molecule has 1 aliphatic rings. The van der Waals surface area contributed by atoms with Gasteiger partial charge in [-0.05, 0) is 53.7 Å². The maximum absolute atomic E-state index is 14.0. The molecule has 3 N–H and O–H groups in total. The molecule has 0 radical (unpaired) electrons. The van der Waals surface area contributed by atoms with E-state index in [4.69, 9.17) is 37.4 Å². The molecule has 4 rings (SSSR count). The van der Waals surface area contributed by atoms with E-state index in [-0.39, 0.29) is 38.0 Å². The highest BCUT2D eigenvalue weighted by atomic mass is 35.5. The zero-order valence-corrected chi connectivity index (χ0v) is 31.9. The molecule has 3 aromatic rings. The molecule has 0 bridgehead atoms. The van der Waals surface area contributed by atoms with Crippen molar-refractivity contribution in [3.63, 3.8) is 0 Å². The second kappa shape index (κ2) is 20.2. The molecule has 0 aromatic heterocycles. The highest BCUT2D eigenvalue weighted by molar-refractivity contribution is 6.32. The van der Waals surface area contributed by atoms with E-state index in [1.54, 1.807) is 37.3 Å². The van der Waals surface area contributed by atoms with Gasteiger partial charge in [0.1, 0.15) is 17.9 Å². The van der Waals surface area contributed by atoms with E-state index >= 15 is 0 Å². The highest BCUT2D eigenvalue weighted by Crippen LogP contribution is 2.32. The maximum atomic E-state index is 14.0. The van der Waals surface area contributed by atoms with E-state index in [9.17, 15) is 24.3 Å². The number of carbonyl (C=O) groups excluding carboxylic acids is 4. The van der Waals surface area contributed by atoms with Crippen molar-refractivity contribution in [2.45, 2.75) is 88.6 Å². The van der Waals surface area contributed by atoms with Crippen LogP contribution in [0.25, 0.3) is 0 Å². The number of alkyl halides is 1. The summed E-state index contributed by atoms with van der Waals surface area (Å²) in [6, 6.07) is 21.6. The van der Waals surface area contributed by atoms with Crippen LogP contribution in [0.15, 0.2) is 91.0 Å². The Morgan fingerprint density at radius 2 is 1.57 bits per heavy atom. The summed E-state index contributed by atoms with van der Waals surface area (Å²) in [5.41, 5.74) is 2.20. The first-order valence-electron chi connectivity index (χ1n) is 17.7. The molecular formula is C41H48Cl2N2O8. The maximum Gasteiger partial charge on any atom is 0.347 e. The second-order valence-corrected chi connectivity index (χ2v) is 14.6. The van der Waals surface area contributed by atoms with E-state index in [0.29, 0.717) is 21.9 Å². The summed E-state index contributed by atoms with van der Waals surface area (Å²) in [6.07, 6.45) is -0.318. The van der Waals surface area contributed by atoms with Gasteiger partial charge in [0.05, 0.1) is 30.0 Å². The lowest BCUT2D eigenvalue weighted by molar-refractivity contribution is -0.176. The zero-order chi connectivity index (χ0) is 38.5. The number of esters is 2. The van der Waals surface area contributed by atoms with Crippen LogP contribution in [0.4, 0.5) is 0 Å². The molecule has 10 nitrogen and oxygen atoms in total. The lowest BCUT2D eigenvalue weighted by Crippen LogP contribution is -2.51. The second-order valence-electron chi connectivity index (χ2n) is 13.7. The fraction of sp³-hybridized carbons (Fsp3) is 0.415. The minimum atomic E-state index is -1.25. The van der Waals surface area contributed by atoms with Gasteiger partial charge in [0.2, 0.25) is 11.8 Å². The number of hydrogen-bond donors (Lipinski definition) is 3. The van der Waals surface area contributed by atoms with E-state index in [0.717, 1.165) is 5.56 Å². The van der Waals surface area contributed by atoms with Gasteiger partial charge in [-0.25, -0.2) is 4.79 Å². The van der Waals surface area contributed by atoms with Gasteiger partial charge in [-0.2, -0.15) is 0 Å². The lowest BCUT2D eigenvalue weighted by Gasteiger charge is -2.31. The smallest absolute Gasteiger partial charge is 0.347 e. The van der Waals surface area contributed by atoms with Crippen LogP contribution in [0, 0.1) is 11.8 Å². The third-order valence-corrected chi connectivity index (χ3v) is 9.85. The summed E-state index contributed by atoms with van der Waals surface area (Å²) in [4.78, 5) is 54.6. The topological polar surface area (TPSA) is 140 Å². The van der Waals surface area contributed by atoms with Gasteiger partial charge in [-0.1, -0.05) is 105 Å². The number of carbonyl (C=O) groups is 4. The van der Waals surface area contributed by atoms with Crippen LogP contribution in [0.3, 0.4) is 0 Å². The number of aliphatic hydroxyl groups is 1. The molecule has 284 valence electrons. The van der Waals surface area contributed by atoms with Gasteiger partial charge < -0.3 is 30.0 Å². The summed E-state index contributed by atoms with van der Waals surface area (Å²) in [5.74, 6) is -2.90. The molecule has 12 heteroatoms. The Balaban J connectivity index is 1.68. The van der Waals surface area contributed by atoms with Crippen molar-refractivity contribution < 1.29 is 38.5 Å². The predicted octanol–water partition coefficient (Wildman–Crippen LogP) is 6.30. The van der Waals surface area contributed by atoms with Gasteiger partial charge in [0.25, 0.3) is 0 Å². The number of ether oxygens (including phenoxy) is 3.